The molecule has 0 atom stereocenters. The van der Waals surface area contributed by atoms with Crippen LogP contribution < -0.4 is 15.8 Å². The lowest BCUT2D eigenvalue weighted by molar-refractivity contribution is -0.118. The summed E-state index contributed by atoms with van der Waals surface area (Å²) in [5, 5.41) is 2.82. The van der Waals surface area contributed by atoms with Crippen LogP contribution >= 0.6 is 0 Å². The van der Waals surface area contributed by atoms with Crippen molar-refractivity contribution in [2.75, 3.05) is 17.7 Å². The summed E-state index contributed by atoms with van der Waals surface area (Å²) in [6.45, 7) is 5.34. The van der Waals surface area contributed by atoms with Crippen LogP contribution in [0.2, 0.25) is 0 Å². The Morgan fingerprint density at radius 2 is 1.88 bits per heavy atom. The van der Waals surface area contributed by atoms with E-state index in [2.05, 4.69) is 5.32 Å². The Kier molecular flexibility index (Phi) is 6.60. The van der Waals surface area contributed by atoms with Gasteiger partial charge in [-0.05, 0) is 50.1 Å². The number of hydrogen-bond acceptors (Lipinski definition) is 5. The predicted molar refractivity (Wildman–Crippen MR) is 101 cm³/mol. The van der Waals surface area contributed by atoms with E-state index in [1.54, 1.807) is 26.0 Å². The minimum atomic E-state index is -0.467. The van der Waals surface area contributed by atoms with Crippen molar-refractivity contribution in [1.82, 2.24) is 0 Å². The predicted octanol–water partition coefficient (Wildman–Crippen LogP) is 3.41. The molecule has 2 aromatic rings. The van der Waals surface area contributed by atoms with Crippen molar-refractivity contribution in [3.05, 3.63) is 53.6 Å². The minimum Gasteiger partial charge on any atom is -0.482 e. The van der Waals surface area contributed by atoms with Gasteiger partial charge >= 0.3 is 5.97 Å². The quantitative estimate of drug-likeness (QED) is 0.586. The molecule has 0 heterocycles. The number of benzene rings is 2. The van der Waals surface area contributed by atoms with Crippen molar-refractivity contribution in [3.63, 3.8) is 0 Å². The molecule has 0 aliphatic heterocycles. The number of carbonyl (C=O) groups excluding carboxylic acids is 2. The van der Waals surface area contributed by atoms with Crippen molar-refractivity contribution in [2.45, 2.75) is 33.3 Å². The Hall–Kier alpha value is -3.02. The molecule has 3 N–H and O–H groups in total. The maximum absolute atomic E-state index is 12.2. The van der Waals surface area contributed by atoms with E-state index >= 15 is 0 Å². The summed E-state index contributed by atoms with van der Waals surface area (Å²) in [6.07, 6.45) is 0.582. The first-order chi connectivity index (χ1) is 12.4. The second kappa shape index (κ2) is 8.89. The van der Waals surface area contributed by atoms with E-state index in [1.807, 2.05) is 31.2 Å². The molecule has 2 aromatic carbocycles. The fourth-order valence-electron chi connectivity index (χ4n) is 2.35. The van der Waals surface area contributed by atoms with Crippen LogP contribution in [0.15, 0.2) is 42.5 Å². The molecule has 0 bridgehead atoms. The van der Waals surface area contributed by atoms with Crippen LogP contribution in [0.4, 0.5) is 11.4 Å². The van der Waals surface area contributed by atoms with E-state index in [1.165, 1.54) is 6.07 Å². The third-order valence-corrected chi connectivity index (χ3v) is 3.62. The molecule has 0 spiro atoms. The van der Waals surface area contributed by atoms with Gasteiger partial charge < -0.3 is 20.5 Å². The average molecular weight is 356 g/mol. The fraction of sp³-hybridized carbons (Fsp3) is 0.300. The summed E-state index contributed by atoms with van der Waals surface area (Å²) in [7, 11) is 0. The van der Waals surface area contributed by atoms with Crippen molar-refractivity contribution in [3.8, 4) is 5.75 Å². The van der Waals surface area contributed by atoms with Gasteiger partial charge in [-0.3, -0.25) is 4.79 Å². The molecular formula is C20H24N2O4. The SMILES string of the molecule is CCc1ccccc1NC(=O)COc1cc(C(=O)OC(C)C)ccc1N. The van der Waals surface area contributed by atoms with Gasteiger partial charge in [0.25, 0.3) is 5.91 Å². The van der Waals surface area contributed by atoms with Crippen LogP contribution in [-0.4, -0.2) is 24.6 Å². The molecule has 0 aromatic heterocycles. The Bertz CT molecular complexity index is 787. The number of ether oxygens (including phenoxy) is 2. The van der Waals surface area contributed by atoms with Crippen molar-refractivity contribution < 1.29 is 19.1 Å². The lowest BCUT2D eigenvalue weighted by Crippen LogP contribution is -2.21. The van der Waals surface area contributed by atoms with E-state index in [4.69, 9.17) is 15.2 Å². The lowest BCUT2D eigenvalue weighted by Gasteiger charge is -2.13. The number of nitrogens with one attached hydrogen (secondary N) is 1. The highest BCUT2D eigenvalue weighted by Crippen LogP contribution is 2.24. The summed E-state index contributed by atoms with van der Waals surface area (Å²) >= 11 is 0. The number of amides is 1. The van der Waals surface area contributed by atoms with Gasteiger partial charge in [0.1, 0.15) is 5.75 Å². The monoisotopic (exact) mass is 356 g/mol. The Morgan fingerprint density at radius 3 is 2.58 bits per heavy atom. The topological polar surface area (TPSA) is 90.6 Å². The van der Waals surface area contributed by atoms with Crippen molar-refractivity contribution >= 4 is 23.3 Å². The summed E-state index contributed by atoms with van der Waals surface area (Å²) < 4.78 is 10.6. The smallest absolute Gasteiger partial charge is 0.338 e. The third-order valence-electron chi connectivity index (χ3n) is 3.62. The Morgan fingerprint density at radius 1 is 1.15 bits per heavy atom. The second-order valence-corrected chi connectivity index (χ2v) is 6.05. The summed E-state index contributed by atoms with van der Waals surface area (Å²) in [4.78, 5) is 24.1. The number of anilines is 2. The minimum absolute atomic E-state index is 0.217. The molecule has 1 amide bonds. The number of rotatable bonds is 7. The molecule has 6 nitrogen and oxygen atoms in total. The number of esters is 1. The molecule has 138 valence electrons. The number of nitrogens with two attached hydrogens (primary N) is 1. The highest BCUT2D eigenvalue weighted by molar-refractivity contribution is 5.93. The first-order valence-corrected chi connectivity index (χ1v) is 8.51. The molecule has 0 saturated carbocycles. The van der Waals surface area contributed by atoms with E-state index in [0.717, 1.165) is 17.7 Å². The summed E-state index contributed by atoms with van der Waals surface area (Å²) in [5.41, 5.74) is 8.32. The van der Waals surface area contributed by atoms with Gasteiger partial charge in [-0.25, -0.2) is 4.79 Å². The number of hydrogen-bond donors (Lipinski definition) is 2. The second-order valence-electron chi connectivity index (χ2n) is 6.05. The van der Waals surface area contributed by atoms with Crippen molar-refractivity contribution in [2.24, 2.45) is 0 Å². The highest BCUT2D eigenvalue weighted by Gasteiger charge is 2.13. The first kappa shape index (κ1) is 19.3. The average Bonchev–Trinajstić information content (AvgIpc) is 2.60. The maximum Gasteiger partial charge on any atom is 0.338 e. The number of nitrogen functional groups attached to an aromatic ring is 1. The first-order valence-electron chi connectivity index (χ1n) is 8.51. The van der Waals surface area contributed by atoms with Gasteiger partial charge in [0, 0.05) is 5.69 Å². The van der Waals surface area contributed by atoms with Gasteiger partial charge in [0.2, 0.25) is 0 Å². The number of carbonyl (C=O) groups is 2. The largest absolute Gasteiger partial charge is 0.482 e. The van der Waals surface area contributed by atoms with Crippen LogP contribution in [0.25, 0.3) is 0 Å². The van der Waals surface area contributed by atoms with E-state index in [9.17, 15) is 9.59 Å². The van der Waals surface area contributed by atoms with E-state index in [0.29, 0.717) is 11.3 Å². The zero-order chi connectivity index (χ0) is 19.1. The normalized spacial score (nSPS) is 10.5. The van der Waals surface area contributed by atoms with Crippen molar-refractivity contribution in [1.29, 1.82) is 0 Å². The maximum atomic E-state index is 12.2. The number of para-hydroxylation sites is 1. The molecule has 0 radical (unpaired) electrons. The summed E-state index contributed by atoms with van der Waals surface area (Å²) in [5.74, 6) is -0.506. The lowest BCUT2D eigenvalue weighted by atomic mass is 10.1. The van der Waals surface area contributed by atoms with E-state index in [-0.39, 0.29) is 24.4 Å². The molecule has 0 saturated heterocycles. The van der Waals surface area contributed by atoms with Gasteiger partial charge in [-0.1, -0.05) is 25.1 Å². The van der Waals surface area contributed by atoms with Gasteiger partial charge in [0.15, 0.2) is 6.61 Å². The van der Waals surface area contributed by atoms with Gasteiger partial charge in [0.05, 0.1) is 17.4 Å². The molecule has 26 heavy (non-hydrogen) atoms. The standard InChI is InChI=1S/C20H24N2O4/c1-4-14-7-5-6-8-17(14)22-19(23)12-25-18-11-15(9-10-16(18)21)20(24)26-13(2)3/h5-11,13H,4,12,21H2,1-3H3,(H,22,23). The molecule has 0 aliphatic carbocycles. The van der Waals surface area contributed by atoms with Crippen LogP contribution in [0, 0.1) is 0 Å². The van der Waals surface area contributed by atoms with Gasteiger partial charge in [-0.2, -0.15) is 0 Å². The Labute approximate surface area is 153 Å². The van der Waals surface area contributed by atoms with E-state index < -0.39 is 5.97 Å². The third kappa shape index (κ3) is 5.24. The Balaban J connectivity index is 2.02. The molecule has 0 unspecified atom stereocenters. The van der Waals surface area contributed by atoms with Crippen LogP contribution in [0.1, 0.15) is 36.7 Å². The van der Waals surface area contributed by atoms with Crippen LogP contribution in [-0.2, 0) is 16.0 Å². The molecule has 6 heteroatoms. The molecular weight excluding hydrogens is 332 g/mol. The van der Waals surface area contributed by atoms with Crippen LogP contribution in [0.3, 0.4) is 0 Å². The molecule has 2 rings (SSSR count). The summed E-state index contributed by atoms with van der Waals surface area (Å²) in [6, 6.07) is 12.2. The van der Waals surface area contributed by atoms with Gasteiger partial charge in [-0.15, -0.1) is 0 Å². The zero-order valence-electron chi connectivity index (χ0n) is 15.2. The molecule has 0 fully saturated rings. The fourth-order valence-corrected chi connectivity index (χ4v) is 2.35. The number of aryl methyl sites for hydroxylation is 1. The highest BCUT2D eigenvalue weighted by atomic mass is 16.5. The van der Waals surface area contributed by atoms with Crippen LogP contribution in [0.5, 0.6) is 5.75 Å². The molecule has 0 aliphatic rings. The zero-order valence-corrected chi connectivity index (χ0v) is 15.2.